The van der Waals surface area contributed by atoms with Gasteiger partial charge >= 0.3 is 0 Å². The molecule has 25 heavy (non-hydrogen) atoms. The monoisotopic (exact) mass is 342 g/mol. The van der Waals surface area contributed by atoms with Gasteiger partial charge in [-0.25, -0.2) is 0 Å². The van der Waals surface area contributed by atoms with E-state index in [0.29, 0.717) is 10.6 Å². The van der Waals surface area contributed by atoms with Gasteiger partial charge in [0, 0.05) is 26.9 Å². The summed E-state index contributed by atoms with van der Waals surface area (Å²) in [6.45, 7) is 0. The third kappa shape index (κ3) is 1.65. The number of rotatable bonds is 0. The molecule has 3 heteroatoms. The number of fused-ring (bicyclic) bond motifs is 9. The van der Waals surface area contributed by atoms with Crippen LogP contribution in [0.4, 0.5) is 0 Å². The van der Waals surface area contributed by atoms with Crippen LogP contribution in [0.2, 0.25) is 5.02 Å². The number of hydrogen-bond acceptors (Lipinski definition) is 2. The minimum atomic E-state index is 0.614. The molecule has 0 bridgehead atoms. The van der Waals surface area contributed by atoms with E-state index < -0.39 is 0 Å². The van der Waals surface area contributed by atoms with E-state index in [1.54, 1.807) is 0 Å². The molecular formula is C22H11ClO2. The molecule has 0 amide bonds. The van der Waals surface area contributed by atoms with Gasteiger partial charge in [0.05, 0.1) is 5.02 Å². The highest BCUT2D eigenvalue weighted by molar-refractivity contribution is 6.36. The molecule has 0 N–H and O–H groups in total. The van der Waals surface area contributed by atoms with Crippen LogP contribution < -0.4 is 0 Å². The van der Waals surface area contributed by atoms with Gasteiger partial charge in [-0.15, -0.1) is 0 Å². The van der Waals surface area contributed by atoms with Gasteiger partial charge in [-0.2, -0.15) is 0 Å². The standard InChI is InChI=1S/C22H11ClO2/c23-18-7-3-6-14-16-10-11-17-15-9-8-12-4-1-2-5-13(12)19(15)24-21(17)22(16)25-20(14)18/h1-11H. The lowest BCUT2D eigenvalue weighted by atomic mass is 10.1. The SMILES string of the molecule is Clc1cccc2c1oc1c2ccc2c3ccc4ccccc4c3oc21. The smallest absolute Gasteiger partial charge is 0.178 e. The zero-order valence-corrected chi connectivity index (χ0v) is 13.8. The van der Waals surface area contributed by atoms with E-state index in [-0.39, 0.29) is 0 Å². The maximum absolute atomic E-state index is 6.31. The molecule has 0 saturated heterocycles. The minimum Gasteiger partial charge on any atom is -0.451 e. The largest absolute Gasteiger partial charge is 0.451 e. The quantitative estimate of drug-likeness (QED) is 0.289. The summed E-state index contributed by atoms with van der Waals surface area (Å²) in [4.78, 5) is 0. The Hall–Kier alpha value is -2.97. The maximum Gasteiger partial charge on any atom is 0.178 e. The second-order valence-electron chi connectivity index (χ2n) is 6.30. The van der Waals surface area contributed by atoms with Crippen LogP contribution in [0.1, 0.15) is 0 Å². The Morgan fingerprint density at radius 2 is 1.08 bits per heavy atom. The van der Waals surface area contributed by atoms with Crippen LogP contribution in [0.3, 0.4) is 0 Å². The molecule has 4 aromatic carbocycles. The normalized spacial score (nSPS) is 12.2. The number of para-hydroxylation sites is 1. The van der Waals surface area contributed by atoms with Crippen molar-refractivity contribution in [3.05, 3.63) is 71.8 Å². The molecule has 0 fully saturated rings. The predicted octanol–water partition coefficient (Wildman–Crippen LogP) is 7.29. The lowest BCUT2D eigenvalue weighted by molar-refractivity contribution is 0.635. The van der Waals surface area contributed by atoms with Crippen LogP contribution in [0.15, 0.2) is 75.6 Å². The van der Waals surface area contributed by atoms with Crippen molar-refractivity contribution in [3.63, 3.8) is 0 Å². The summed E-state index contributed by atoms with van der Waals surface area (Å²) in [6, 6.07) is 22.5. The molecule has 6 aromatic rings. The van der Waals surface area contributed by atoms with Crippen molar-refractivity contribution in [2.75, 3.05) is 0 Å². The Balaban J connectivity index is 1.88. The third-order valence-electron chi connectivity index (χ3n) is 4.95. The molecule has 2 nitrogen and oxygen atoms in total. The Morgan fingerprint density at radius 3 is 1.92 bits per heavy atom. The molecule has 6 rings (SSSR count). The maximum atomic E-state index is 6.31. The fourth-order valence-electron chi connectivity index (χ4n) is 3.78. The second kappa shape index (κ2) is 4.56. The number of hydrogen-bond donors (Lipinski definition) is 0. The molecule has 2 aromatic heterocycles. The van der Waals surface area contributed by atoms with Gasteiger partial charge < -0.3 is 8.83 Å². The van der Waals surface area contributed by atoms with E-state index >= 15 is 0 Å². The van der Waals surface area contributed by atoms with Gasteiger partial charge in [-0.3, -0.25) is 0 Å². The van der Waals surface area contributed by atoms with Crippen LogP contribution in [0.5, 0.6) is 0 Å². The molecule has 0 unspecified atom stereocenters. The summed E-state index contributed by atoms with van der Waals surface area (Å²) in [7, 11) is 0. The highest BCUT2D eigenvalue weighted by atomic mass is 35.5. The van der Waals surface area contributed by atoms with E-state index in [1.165, 1.54) is 0 Å². The Kier molecular flexibility index (Phi) is 2.43. The molecule has 0 saturated carbocycles. The summed E-state index contributed by atoms with van der Waals surface area (Å²) in [5.41, 5.74) is 3.13. The Morgan fingerprint density at radius 1 is 0.480 bits per heavy atom. The highest BCUT2D eigenvalue weighted by Gasteiger charge is 2.17. The minimum absolute atomic E-state index is 0.614. The first-order chi connectivity index (χ1) is 12.3. The zero-order chi connectivity index (χ0) is 16.5. The van der Waals surface area contributed by atoms with Gasteiger partial charge in [0.2, 0.25) is 0 Å². The van der Waals surface area contributed by atoms with Crippen molar-refractivity contribution in [1.29, 1.82) is 0 Å². The van der Waals surface area contributed by atoms with Crippen LogP contribution >= 0.6 is 11.6 Å². The number of furan rings is 2. The summed E-state index contributed by atoms with van der Waals surface area (Å²) in [6.07, 6.45) is 0. The molecule has 0 aliphatic heterocycles. The molecule has 2 heterocycles. The van der Waals surface area contributed by atoms with Crippen LogP contribution in [-0.4, -0.2) is 0 Å². The Labute approximate surface area is 147 Å². The van der Waals surface area contributed by atoms with Gasteiger partial charge in [-0.05, 0) is 29.7 Å². The summed E-state index contributed by atoms with van der Waals surface area (Å²) in [5.74, 6) is 0. The highest BCUT2D eigenvalue weighted by Crippen LogP contribution is 2.41. The number of halogens is 1. The van der Waals surface area contributed by atoms with E-state index in [0.717, 1.165) is 49.1 Å². The van der Waals surface area contributed by atoms with E-state index in [4.69, 9.17) is 20.4 Å². The molecular weight excluding hydrogens is 332 g/mol. The molecule has 0 aliphatic carbocycles. The second-order valence-corrected chi connectivity index (χ2v) is 6.71. The lowest BCUT2D eigenvalue weighted by Gasteiger charge is -1.97. The van der Waals surface area contributed by atoms with Crippen molar-refractivity contribution in [3.8, 4) is 0 Å². The van der Waals surface area contributed by atoms with Crippen molar-refractivity contribution in [1.82, 2.24) is 0 Å². The number of benzene rings is 4. The van der Waals surface area contributed by atoms with Crippen molar-refractivity contribution in [2.24, 2.45) is 0 Å². The fourth-order valence-corrected chi connectivity index (χ4v) is 4.00. The van der Waals surface area contributed by atoms with E-state index in [9.17, 15) is 0 Å². The van der Waals surface area contributed by atoms with E-state index in [2.05, 4.69) is 36.4 Å². The zero-order valence-electron chi connectivity index (χ0n) is 13.0. The first-order valence-corrected chi connectivity index (χ1v) is 8.53. The molecule has 0 aliphatic rings. The van der Waals surface area contributed by atoms with Gasteiger partial charge in [0.15, 0.2) is 16.7 Å². The van der Waals surface area contributed by atoms with Gasteiger partial charge in [0.25, 0.3) is 0 Å². The first-order valence-electron chi connectivity index (χ1n) is 8.15. The average Bonchev–Trinajstić information content (AvgIpc) is 3.21. The van der Waals surface area contributed by atoms with Crippen LogP contribution in [0.25, 0.3) is 54.6 Å². The summed E-state index contributed by atoms with van der Waals surface area (Å²) < 4.78 is 12.4. The van der Waals surface area contributed by atoms with Crippen molar-refractivity contribution >= 4 is 66.3 Å². The van der Waals surface area contributed by atoms with Crippen LogP contribution in [0, 0.1) is 0 Å². The molecule has 118 valence electrons. The molecule has 0 atom stereocenters. The summed E-state index contributed by atoms with van der Waals surface area (Å²) in [5, 5.41) is 7.08. The fraction of sp³-hybridized carbons (Fsp3) is 0. The molecule has 0 spiro atoms. The predicted molar refractivity (Wildman–Crippen MR) is 104 cm³/mol. The average molecular weight is 343 g/mol. The topological polar surface area (TPSA) is 26.3 Å². The lowest BCUT2D eigenvalue weighted by Crippen LogP contribution is -1.72. The summed E-state index contributed by atoms with van der Waals surface area (Å²) >= 11 is 6.31. The third-order valence-corrected chi connectivity index (χ3v) is 5.24. The molecule has 0 radical (unpaired) electrons. The van der Waals surface area contributed by atoms with Gasteiger partial charge in [-0.1, -0.05) is 54.1 Å². The van der Waals surface area contributed by atoms with Crippen molar-refractivity contribution < 1.29 is 8.83 Å². The van der Waals surface area contributed by atoms with Crippen LogP contribution in [-0.2, 0) is 0 Å². The van der Waals surface area contributed by atoms with Crippen molar-refractivity contribution in [2.45, 2.75) is 0 Å². The van der Waals surface area contributed by atoms with Gasteiger partial charge in [0.1, 0.15) is 5.58 Å². The van der Waals surface area contributed by atoms with E-state index in [1.807, 2.05) is 30.3 Å². The first kappa shape index (κ1) is 13.3. The Bertz CT molecular complexity index is 1450.